The number of fused-ring (bicyclic) bond motifs is 5. The quantitative estimate of drug-likeness (QED) is 0.875. The molecule has 1 heterocycles. The Labute approximate surface area is 114 Å². The maximum absolute atomic E-state index is 4.27. The van der Waals surface area contributed by atoms with Gasteiger partial charge < -0.3 is 5.32 Å². The van der Waals surface area contributed by atoms with Gasteiger partial charge in [-0.25, -0.2) is 4.68 Å². The van der Waals surface area contributed by atoms with E-state index in [4.69, 9.17) is 0 Å². The second-order valence-corrected chi connectivity index (χ2v) is 7.04. The van der Waals surface area contributed by atoms with Crippen molar-refractivity contribution in [2.24, 2.45) is 29.6 Å². The molecule has 3 aliphatic rings. The van der Waals surface area contributed by atoms with E-state index in [1.165, 1.54) is 19.3 Å². The summed E-state index contributed by atoms with van der Waals surface area (Å²) in [6.45, 7) is 6.27. The number of nitrogens with zero attached hydrogens (tertiary/aromatic N) is 4. The van der Waals surface area contributed by atoms with Gasteiger partial charge in [0.1, 0.15) is 0 Å². The van der Waals surface area contributed by atoms with Crippen molar-refractivity contribution in [3.05, 3.63) is 5.82 Å². The van der Waals surface area contributed by atoms with Crippen LogP contribution in [0.3, 0.4) is 0 Å². The molecule has 5 heteroatoms. The summed E-state index contributed by atoms with van der Waals surface area (Å²) >= 11 is 0. The van der Waals surface area contributed by atoms with Crippen molar-refractivity contribution in [3.63, 3.8) is 0 Å². The first-order chi connectivity index (χ1) is 9.25. The van der Waals surface area contributed by atoms with Crippen LogP contribution in [0.25, 0.3) is 0 Å². The molecular formula is C14H23N5. The minimum atomic E-state index is 0.622. The van der Waals surface area contributed by atoms with E-state index in [9.17, 15) is 0 Å². The molecule has 3 fully saturated rings. The average molecular weight is 261 g/mol. The van der Waals surface area contributed by atoms with Crippen LogP contribution in [0.1, 0.15) is 45.0 Å². The molecule has 0 aliphatic heterocycles. The van der Waals surface area contributed by atoms with Crippen molar-refractivity contribution in [1.82, 2.24) is 25.5 Å². The minimum absolute atomic E-state index is 0.622. The fraction of sp³-hybridized carbons (Fsp3) is 0.929. The van der Waals surface area contributed by atoms with Crippen molar-refractivity contribution < 1.29 is 0 Å². The molecule has 1 aromatic heterocycles. The van der Waals surface area contributed by atoms with E-state index >= 15 is 0 Å². The summed E-state index contributed by atoms with van der Waals surface area (Å²) in [6, 6.07) is 0.622. The van der Waals surface area contributed by atoms with Gasteiger partial charge in [0.15, 0.2) is 5.82 Å². The van der Waals surface area contributed by atoms with Crippen LogP contribution in [0.2, 0.25) is 0 Å². The molecule has 19 heavy (non-hydrogen) atoms. The molecule has 0 aromatic carbocycles. The molecule has 3 aliphatic carbocycles. The lowest BCUT2D eigenvalue weighted by atomic mass is 10.0. The van der Waals surface area contributed by atoms with E-state index in [-0.39, 0.29) is 0 Å². The average Bonchev–Trinajstić information content (AvgIpc) is 2.78. The van der Waals surface area contributed by atoms with E-state index < -0.39 is 0 Å². The van der Waals surface area contributed by atoms with Crippen LogP contribution in [-0.2, 0) is 6.54 Å². The van der Waals surface area contributed by atoms with Crippen molar-refractivity contribution in [3.8, 4) is 0 Å². The van der Waals surface area contributed by atoms with Crippen LogP contribution in [-0.4, -0.2) is 26.8 Å². The molecule has 0 spiro atoms. The maximum Gasteiger partial charge on any atom is 0.165 e. The van der Waals surface area contributed by atoms with Gasteiger partial charge in [0.25, 0.3) is 0 Å². The zero-order valence-corrected chi connectivity index (χ0v) is 11.8. The van der Waals surface area contributed by atoms with Crippen molar-refractivity contribution in [2.45, 2.75) is 45.7 Å². The summed E-state index contributed by atoms with van der Waals surface area (Å²) in [5.74, 6) is 5.43. The number of hydrogen-bond acceptors (Lipinski definition) is 4. The molecule has 1 aromatic rings. The summed E-state index contributed by atoms with van der Waals surface area (Å²) in [6.07, 6.45) is 4.38. The van der Waals surface area contributed by atoms with E-state index in [1.807, 2.05) is 0 Å². The Morgan fingerprint density at radius 1 is 1.26 bits per heavy atom. The number of tetrazole rings is 1. The third-order valence-corrected chi connectivity index (χ3v) is 5.37. The van der Waals surface area contributed by atoms with E-state index in [0.717, 1.165) is 42.6 Å². The monoisotopic (exact) mass is 261 g/mol. The Morgan fingerprint density at radius 3 is 2.68 bits per heavy atom. The molecule has 0 radical (unpaired) electrons. The van der Waals surface area contributed by atoms with Gasteiger partial charge in [0.05, 0.1) is 12.6 Å². The maximum atomic E-state index is 4.27. The molecular weight excluding hydrogens is 238 g/mol. The SMILES string of the molecule is CC(C)CNCc1nnnn1C1C2C3CCC(C3)C21. The highest BCUT2D eigenvalue weighted by Gasteiger charge is 2.66. The summed E-state index contributed by atoms with van der Waals surface area (Å²) in [4.78, 5) is 0. The van der Waals surface area contributed by atoms with Crippen molar-refractivity contribution >= 4 is 0 Å². The summed E-state index contributed by atoms with van der Waals surface area (Å²) in [7, 11) is 0. The Hall–Kier alpha value is -0.970. The topological polar surface area (TPSA) is 55.6 Å². The van der Waals surface area contributed by atoms with Gasteiger partial charge in [-0.3, -0.25) is 0 Å². The number of rotatable bonds is 5. The molecule has 3 saturated carbocycles. The molecule has 2 bridgehead atoms. The minimum Gasteiger partial charge on any atom is -0.310 e. The van der Waals surface area contributed by atoms with Crippen LogP contribution < -0.4 is 5.32 Å². The third-order valence-electron chi connectivity index (χ3n) is 5.37. The highest BCUT2D eigenvalue weighted by Crippen LogP contribution is 2.71. The Kier molecular flexibility index (Phi) is 2.65. The second-order valence-electron chi connectivity index (χ2n) is 7.04. The van der Waals surface area contributed by atoms with Gasteiger partial charge in [-0.2, -0.15) is 0 Å². The lowest BCUT2D eigenvalue weighted by molar-refractivity contribution is 0.410. The third kappa shape index (κ3) is 1.82. The van der Waals surface area contributed by atoms with E-state index in [0.29, 0.717) is 12.0 Å². The van der Waals surface area contributed by atoms with Gasteiger partial charge in [0, 0.05) is 0 Å². The molecule has 0 saturated heterocycles. The summed E-state index contributed by atoms with van der Waals surface area (Å²) < 4.78 is 2.13. The van der Waals surface area contributed by atoms with Gasteiger partial charge in [-0.05, 0) is 65.8 Å². The van der Waals surface area contributed by atoms with Gasteiger partial charge in [-0.1, -0.05) is 13.8 Å². The molecule has 1 N–H and O–H groups in total. The van der Waals surface area contributed by atoms with Crippen molar-refractivity contribution in [2.75, 3.05) is 6.54 Å². The van der Waals surface area contributed by atoms with Crippen LogP contribution >= 0.6 is 0 Å². The van der Waals surface area contributed by atoms with Crippen LogP contribution in [0.4, 0.5) is 0 Å². The highest BCUT2D eigenvalue weighted by molar-refractivity contribution is 5.15. The second kappa shape index (κ2) is 4.27. The zero-order chi connectivity index (χ0) is 13.0. The lowest BCUT2D eigenvalue weighted by Crippen LogP contribution is -2.22. The standard InChI is InChI=1S/C14H23N5/c1-8(2)6-15-7-11-16-17-18-19(11)14-12-9-3-4-10(5-9)13(12)14/h8-10,12-15H,3-7H2,1-2H3. The predicted octanol–water partition coefficient (Wildman–Crippen LogP) is 1.64. The van der Waals surface area contributed by atoms with E-state index in [2.05, 4.69) is 39.4 Å². The largest absolute Gasteiger partial charge is 0.310 e. The fourth-order valence-corrected chi connectivity index (χ4v) is 4.64. The van der Waals surface area contributed by atoms with Crippen LogP contribution in [0.15, 0.2) is 0 Å². The molecule has 4 atom stereocenters. The molecule has 0 amide bonds. The van der Waals surface area contributed by atoms with Crippen molar-refractivity contribution in [1.29, 1.82) is 0 Å². The molecule has 5 nitrogen and oxygen atoms in total. The molecule has 4 rings (SSSR count). The molecule has 4 unspecified atom stereocenters. The van der Waals surface area contributed by atoms with Crippen LogP contribution in [0.5, 0.6) is 0 Å². The Balaban J connectivity index is 1.44. The summed E-state index contributed by atoms with van der Waals surface area (Å²) in [5, 5.41) is 15.8. The van der Waals surface area contributed by atoms with E-state index in [1.54, 1.807) is 0 Å². The van der Waals surface area contributed by atoms with Gasteiger partial charge >= 0.3 is 0 Å². The lowest BCUT2D eigenvalue weighted by Gasteiger charge is -2.11. The number of nitrogens with one attached hydrogen (secondary N) is 1. The normalized spacial score (nSPS) is 39.0. The molecule has 104 valence electrons. The number of hydrogen-bond donors (Lipinski definition) is 1. The smallest absolute Gasteiger partial charge is 0.165 e. The first-order valence-corrected chi connectivity index (χ1v) is 7.73. The Bertz CT molecular complexity index is 452. The first kappa shape index (κ1) is 11.8. The first-order valence-electron chi connectivity index (χ1n) is 7.73. The number of aromatic nitrogens is 4. The fourth-order valence-electron chi connectivity index (χ4n) is 4.64. The summed E-state index contributed by atoms with van der Waals surface area (Å²) in [5.41, 5.74) is 0. The zero-order valence-electron chi connectivity index (χ0n) is 11.8. The predicted molar refractivity (Wildman–Crippen MR) is 71.2 cm³/mol. The Morgan fingerprint density at radius 2 is 2.00 bits per heavy atom. The van der Waals surface area contributed by atoms with Crippen LogP contribution in [0, 0.1) is 29.6 Å². The van der Waals surface area contributed by atoms with Gasteiger partial charge in [0.2, 0.25) is 0 Å². The highest BCUT2D eigenvalue weighted by atomic mass is 15.6. The van der Waals surface area contributed by atoms with Gasteiger partial charge in [-0.15, -0.1) is 5.10 Å².